The Kier molecular flexibility index (Phi) is 4.98. The van der Waals surface area contributed by atoms with E-state index in [0.717, 1.165) is 0 Å². The average molecular weight is 287 g/mol. The van der Waals surface area contributed by atoms with Gasteiger partial charge in [0.05, 0.1) is 0 Å². The second-order valence-electron chi connectivity index (χ2n) is 7.25. The maximum absolute atomic E-state index is 2.42. The molecule has 0 saturated heterocycles. The minimum absolute atomic E-state index is 0.120. The second-order valence-corrected chi connectivity index (χ2v) is 9.48. The van der Waals surface area contributed by atoms with Crippen LogP contribution in [0, 0.1) is 0 Å². The highest BCUT2D eigenvalue weighted by atomic mass is 28.2. The molecular weight excluding hydrogens is 256 g/mol. The minimum Gasteiger partial charge on any atom is -0.0622 e. The molecule has 1 aromatic rings. The van der Waals surface area contributed by atoms with Gasteiger partial charge in [-0.05, 0) is 23.8 Å². The molecular formula is C19H30Si. The lowest BCUT2D eigenvalue weighted by Crippen LogP contribution is -2.31. The van der Waals surface area contributed by atoms with Crippen LogP contribution < -0.4 is 0 Å². The summed E-state index contributed by atoms with van der Waals surface area (Å²) in [6, 6.07) is 13.1. The van der Waals surface area contributed by atoms with E-state index in [1.807, 2.05) is 0 Å². The van der Waals surface area contributed by atoms with Crippen LogP contribution in [0.3, 0.4) is 0 Å². The largest absolute Gasteiger partial charge is 0.0622 e. The Hall–Kier alpha value is -0.563. The zero-order valence-corrected chi connectivity index (χ0v) is 14.4. The van der Waals surface area contributed by atoms with Gasteiger partial charge in [0.15, 0.2) is 0 Å². The lowest BCUT2D eigenvalue weighted by atomic mass is 9.71. The van der Waals surface area contributed by atoms with Crippen molar-refractivity contribution >= 4 is 9.52 Å². The van der Waals surface area contributed by atoms with Crippen LogP contribution in [0.2, 0.25) is 11.6 Å². The van der Waals surface area contributed by atoms with E-state index in [2.05, 4.69) is 30.3 Å². The molecule has 0 atom stereocenters. The zero-order valence-electron chi connectivity index (χ0n) is 12.9. The van der Waals surface area contributed by atoms with Gasteiger partial charge in [0, 0.05) is 9.52 Å². The van der Waals surface area contributed by atoms with E-state index in [0.29, 0.717) is 5.41 Å². The summed E-state index contributed by atoms with van der Waals surface area (Å²) in [5, 5.41) is 0. The molecule has 0 radical (unpaired) electrons. The van der Waals surface area contributed by atoms with Gasteiger partial charge in [-0.2, -0.15) is 0 Å². The van der Waals surface area contributed by atoms with Gasteiger partial charge in [-0.3, -0.25) is 0 Å². The van der Waals surface area contributed by atoms with Gasteiger partial charge >= 0.3 is 0 Å². The van der Waals surface area contributed by atoms with Crippen LogP contribution in [0.4, 0.5) is 0 Å². The van der Waals surface area contributed by atoms with Gasteiger partial charge < -0.3 is 0 Å². The summed E-state index contributed by atoms with van der Waals surface area (Å²) in [7, 11) is 0.120. The summed E-state index contributed by atoms with van der Waals surface area (Å²) in [6.07, 6.45) is 15.0. The first-order valence-electron chi connectivity index (χ1n) is 8.95. The van der Waals surface area contributed by atoms with E-state index in [1.165, 1.54) is 56.9 Å². The molecule has 0 N–H and O–H groups in total. The number of rotatable bonds is 4. The van der Waals surface area contributed by atoms with Crippen LogP contribution in [0.1, 0.15) is 69.8 Å². The first-order chi connectivity index (χ1) is 9.89. The molecule has 0 bridgehead atoms. The molecule has 0 aliphatic heterocycles. The highest BCUT2D eigenvalue weighted by Crippen LogP contribution is 2.44. The standard InChI is InChI=1S/C19H30Si/c1-4-10-17(11-5-1)19(14-8-3-9-15-19)16-20-18-12-6-2-7-13-18/h1,4-5,10-11,18H,2-3,6-9,12-16,20H2. The van der Waals surface area contributed by atoms with Gasteiger partial charge in [0.2, 0.25) is 0 Å². The molecule has 1 aromatic carbocycles. The van der Waals surface area contributed by atoms with E-state index in [1.54, 1.807) is 24.4 Å². The minimum atomic E-state index is 0.120. The fourth-order valence-corrected chi connectivity index (χ4v) is 7.56. The van der Waals surface area contributed by atoms with Crippen molar-refractivity contribution in [3.63, 3.8) is 0 Å². The van der Waals surface area contributed by atoms with Gasteiger partial charge in [0.25, 0.3) is 0 Å². The SMILES string of the molecule is c1ccc(C2(C[SiH2]C3CCCCC3)CCCCC2)cc1. The molecule has 2 aliphatic carbocycles. The van der Waals surface area contributed by atoms with Crippen molar-refractivity contribution in [1.29, 1.82) is 0 Å². The van der Waals surface area contributed by atoms with Crippen molar-refractivity contribution in [3.05, 3.63) is 35.9 Å². The number of hydrogen-bond acceptors (Lipinski definition) is 0. The molecule has 2 fully saturated rings. The van der Waals surface area contributed by atoms with Crippen LogP contribution in [0.5, 0.6) is 0 Å². The average Bonchev–Trinajstić information content (AvgIpc) is 2.56. The molecule has 3 rings (SSSR count). The van der Waals surface area contributed by atoms with Gasteiger partial charge in [-0.1, -0.05) is 93.3 Å². The third-order valence-corrected chi connectivity index (χ3v) is 8.83. The van der Waals surface area contributed by atoms with Crippen LogP contribution in [0.15, 0.2) is 30.3 Å². The Morgan fingerprint density at radius 3 is 2.20 bits per heavy atom. The van der Waals surface area contributed by atoms with Gasteiger partial charge in [0.1, 0.15) is 0 Å². The lowest BCUT2D eigenvalue weighted by Gasteiger charge is -2.39. The van der Waals surface area contributed by atoms with E-state index in [9.17, 15) is 0 Å². The second kappa shape index (κ2) is 6.93. The molecule has 0 heterocycles. The predicted molar refractivity (Wildman–Crippen MR) is 91.4 cm³/mol. The molecule has 0 spiro atoms. The Morgan fingerprint density at radius 2 is 1.50 bits per heavy atom. The summed E-state index contributed by atoms with van der Waals surface area (Å²) in [4.78, 5) is 0. The first-order valence-corrected chi connectivity index (χ1v) is 10.8. The Balaban J connectivity index is 1.69. The topological polar surface area (TPSA) is 0 Å². The summed E-state index contributed by atoms with van der Waals surface area (Å²) in [5.74, 6) is 0. The van der Waals surface area contributed by atoms with E-state index < -0.39 is 0 Å². The molecule has 0 unspecified atom stereocenters. The van der Waals surface area contributed by atoms with Crippen molar-refractivity contribution in [2.24, 2.45) is 0 Å². The highest BCUT2D eigenvalue weighted by molar-refractivity contribution is 6.38. The zero-order chi connectivity index (χ0) is 13.7. The van der Waals surface area contributed by atoms with E-state index >= 15 is 0 Å². The van der Waals surface area contributed by atoms with Crippen molar-refractivity contribution < 1.29 is 0 Å². The monoisotopic (exact) mass is 286 g/mol. The van der Waals surface area contributed by atoms with Crippen molar-refractivity contribution in [1.82, 2.24) is 0 Å². The molecule has 2 aliphatic rings. The van der Waals surface area contributed by atoms with Crippen LogP contribution in [-0.4, -0.2) is 9.52 Å². The Bertz CT molecular complexity index is 385. The quantitative estimate of drug-likeness (QED) is 0.665. The van der Waals surface area contributed by atoms with Crippen molar-refractivity contribution in [2.45, 2.75) is 81.2 Å². The fraction of sp³-hybridized carbons (Fsp3) is 0.684. The summed E-state index contributed by atoms with van der Waals surface area (Å²) >= 11 is 0. The molecule has 0 amide bonds. The van der Waals surface area contributed by atoms with E-state index in [-0.39, 0.29) is 9.52 Å². The van der Waals surface area contributed by atoms with E-state index in [4.69, 9.17) is 0 Å². The number of benzene rings is 1. The summed E-state index contributed by atoms with van der Waals surface area (Å²) < 4.78 is 0. The number of hydrogen-bond donors (Lipinski definition) is 0. The Labute approximate surface area is 127 Å². The molecule has 20 heavy (non-hydrogen) atoms. The molecule has 0 nitrogen and oxygen atoms in total. The molecule has 110 valence electrons. The summed E-state index contributed by atoms with van der Waals surface area (Å²) in [5.41, 5.74) is 3.43. The third kappa shape index (κ3) is 3.36. The van der Waals surface area contributed by atoms with Gasteiger partial charge in [-0.15, -0.1) is 0 Å². The molecule has 2 saturated carbocycles. The molecule has 1 heteroatoms. The third-order valence-electron chi connectivity index (χ3n) is 5.95. The van der Waals surface area contributed by atoms with Crippen LogP contribution in [-0.2, 0) is 5.41 Å². The van der Waals surface area contributed by atoms with Crippen LogP contribution >= 0.6 is 0 Å². The summed E-state index contributed by atoms with van der Waals surface area (Å²) in [6.45, 7) is 0. The predicted octanol–water partition coefficient (Wildman–Crippen LogP) is 5.23. The molecule has 0 aromatic heterocycles. The maximum atomic E-state index is 2.42. The smallest absolute Gasteiger partial charge is 0.0241 e. The van der Waals surface area contributed by atoms with Crippen molar-refractivity contribution in [2.75, 3.05) is 0 Å². The van der Waals surface area contributed by atoms with Gasteiger partial charge in [-0.25, -0.2) is 0 Å². The Morgan fingerprint density at radius 1 is 0.850 bits per heavy atom. The fourth-order valence-electron chi connectivity index (χ4n) is 4.66. The van der Waals surface area contributed by atoms with Crippen LogP contribution in [0.25, 0.3) is 0 Å². The lowest BCUT2D eigenvalue weighted by molar-refractivity contribution is 0.317. The van der Waals surface area contributed by atoms with Crippen molar-refractivity contribution in [3.8, 4) is 0 Å². The highest BCUT2D eigenvalue weighted by Gasteiger charge is 2.34. The maximum Gasteiger partial charge on any atom is 0.0241 e. The first kappa shape index (κ1) is 14.4. The normalized spacial score (nSPS) is 24.2.